The van der Waals surface area contributed by atoms with Gasteiger partial charge >= 0.3 is 0 Å². The molecule has 1 heterocycles. The summed E-state index contributed by atoms with van der Waals surface area (Å²) in [5.41, 5.74) is 6.07. The predicted molar refractivity (Wildman–Crippen MR) is 62.1 cm³/mol. The molecule has 0 aliphatic heterocycles. The Kier molecular flexibility index (Phi) is 3.02. The zero-order valence-electron chi connectivity index (χ0n) is 10.4. The van der Waals surface area contributed by atoms with Gasteiger partial charge in [-0.1, -0.05) is 32.3 Å². The monoisotopic (exact) mass is 223 g/mol. The Morgan fingerprint density at radius 3 is 2.75 bits per heavy atom. The van der Waals surface area contributed by atoms with Crippen molar-refractivity contribution in [3.05, 3.63) is 11.7 Å². The van der Waals surface area contributed by atoms with Gasteiger partial charge in [-0.15, -0.1) is 0 Å². The van der Waals surface area contributed by atoms with E-state index in [1.54, 1.807) is 0 Å². The average Bonchev–Trinajstić information content (AvgIpc) is 2.69. The molecule has 2 N–H and O–H groups in total. The molecular formula is C12H21N3O. The largest absolute Gasteiger partial charge is 0.339 e. The molecule has 0 spiro atoms. The van der Waals surface area contributed by atoms with E-state index >= 15 is 0 Å². The molecule has 4 nitrogen and oxygen atoms in total. The zero-order chi connectivity index (χ0) is 11.8. The standard InChI is InChI=1S/C12H21N3O/c1-4-5-8(7-13)11-14-10(15-16-11)9-6-12(9,2)3/h8-9H,4-7,13H2,1-3H3. The topological polar surface area (TPSA) is 64.9 Å². The van der Waals surface area contributed by atoms with E-state index in [2.05, 4.69) is 30.9 Å². The maximum atomic E-state index is 5.72. The SMILES string of the molecule is CCCC(CN)c1nc(C2CC2(C)C)no1. The highest BCUT2D eigenvalue weighted by molar-refractivity contribution is 5.14. The second-order valence-corrected chi connectivity index (χ2v) is 5.46. The lowest BCUT2D eigenvalue weighted by molar-refractivity contribution is 0.343. The Hall–Kier alpha value is -0.900. The van der Waals surface area contributed by atoms with E-state index in [-0.39, 0.29) is 5.92 Å². The van der Waals surface area contributed by atoms with Crippen molar-refractivity contribution in [2.45, 2.75) is 51.9 Å². The second kappa shape index (κ2) is 4.17. The highest BCUT2D eigenvalue weighted by Gasteiger charge is 2.49. The van der Waals surface area contributed by atoms with E-state index in [0.29, 0.717) is 17.9 Å². The summed E-state index contributed by atoms with van der Waals surface area (Å²) in [5, 5.41) is 4.08. The number of hydrogen-bond donors (Lipinski definition) is 1. The van der Waals surface area contributed by atoms with Gasteiger partial charge in [0.1, 0.15) is 0 Å². The Balaban J connectivity index is 2.07. The van der Waals surface area contributed by atoms with Crippen LogP contribution in [0.4, 0.5) is 0 Å². The van der Waals surface area contributed by atoms with E-state index in [1.165, 1.54) is 0 Å². The first kappa shape index (κ1) is 11.6. The van der Waals surface area contributed by atoms with E-state index < -0.39 is 0 Å². The average molecular weight is 223 g/mol. The molecule has 0 aromatic carbocycles. The fraction of sp³-hybridized carbons (Fsp3) is 0.833. The fourth-order valence-electron chi connectivity index (χ4n) is 2.15. The molecule has 1 saturated carbocycles. The van der Waals surface area contributed by atoms with Crippen LogP contribution in [0.2, 0.25) is 0 Å². The second-order valence-electron chi connectivity index (χ2n) is 5.46. The molecular weight excluding hydrogens is 202 g/mol. The van der Waals surface area contributed by atoms with Gasteiger partial charge in [0, 0.05) is 12.5 Å². The van der Waals surface area contributed by atoms with Gasteiger partial charge in [0.05, 0.1) is 5.92 Å². The Labute approximate surface area is 96.6 Å². The highest BCUT2D eigenvalue weighted by atomic mass is 16.5. The summed E-state index contributed by atoms with van der Waals surface area (Å²) in [6.07, 6.45) is 3.27. The van der Waals surface area contributed by atoms with Gasteiger partial charge in [-0.25, -0.2) is 0 Å². The van der Waals surface area contributed by atoms with Gasteiger partial charge in [0.15, 0.2) is 5.82 Å². The third-order valence-corrected chi connectivity index (χ3v) is 3.55. The van der Waals surface area contributed by atoms with Crippen LogP contribution in [-0.2, 0) is 0 Å². The third-order valence-electron chi connectivity index (χ3n) is 3.55. The van der Waals surface area contributed by atoms with Crippen molar-refractivity contribution in [1.29, 1.82) is 0 Å². The maximum Gasteiger partial charge on any atom is 0.231 e. The smallest absolute Gasteiger partial charge is 0.231 e. The van der Waals surface area contributed by atoms with Gasteiger partial charge in [0.25, 0.3) is 0 Å². The first-order valence-corrected chi connectivity index (χ1v) is 6.12. The number of aromatic nitrogens is 2. The minimum atomic E-state index is 0.230. The zero-order valence-corrected chi connectivity index (χ0v) is 10.4. The first-order chi connectivity index (χ1) is 7.58. The van der Waals surface area contributed by atoms with Crippen LogP contribution in [0.5, 0.6) is 0 Å². The van der Waals surface area contributed by atoms with E-state index in [4.69, 9.17) is 10.3 Å². The molecule has 0 saturated heterocycles. The molecule has 2 atom stereocenters. The molecule has 1 aliphatic rings. The first-order valence-electron chi connectivity index (χ1n) is 6.12. The van der Waals surface area contributed by atoms with Crippen LogP contribution in [0.15, 0.2) is 4.52 Å². The fourth-order valence-corrected chi connectivity index (χ4v) is 2.15. The molecule has 4 heteroatoms. The minimum absolute atomic E-state index is 0.230. The van der Waals surface area contributed by atoms with Crippen molar-refractivity contribution < 1.29 is 4.52 Å². The third kappa shape index (κ3) is 2.12. The summed E-state index contributed by atoms with van der Waals surface area (Å²) in [6, 6.07) is 0. The number of hydrogen-bond acceptors (Lipinski definition) is 4. The summed E-state index contributed by atoms with van der Waals surface area (Å²) in [6.45, 7) is 7.20. The van der Waals surface area contributed by atoms with Crippen LogP contribution in [0.25, 0.3) is 0 Å². The van der Waals surface area contributed by atoms with E-state index in [9.17, 15) is 0 Å². The van der Waals surface area contributed by atoms with E-state index in [0.717, 1.165) is 31.0 Å². The number of nitrogens with zero attached hydrogens (tertiary/aromatic N) is 2. The lowest BCUT2D eigenvalue weighted by atomic mass is 10.0. The molecule has 1 aliphatic carbocycles. The van der Waals surface area contributed by atoms with Gasteiger partial charge in [-0.2, -0.15) is 4.98 Å². The van der Waals surface area contributed by atoms with Crippen LogP contribution in [0, 0.1) is 5.41 Å². The van der Waals surface area contributed by atoms with Crippen molar-refractivity contribution in [2.24, 2.45) is 11.1 Å². The minimum Gasteiger partial charge on any atom is -0.339 e. The maximum absolute atomic E-state index is 5.72. The van der Waals surface area contributed by atoms with Crippen LogP contribution in [0.1, 0.15) is 63.6 Å². The summed E-state index contributed by atoms with van der Waals surface area (Å²) in [7, 11) is 0. The van der Waals surface area contributed by atoms with Crippen molar-refractivity contribution >= 4 is 0 Å². The van der Waals surface area contributed by atoms with Gasteiger partial charge in [0.2, 0.25) is 5.89 Å². The van der Waals surface area contributed by atoms with Crippen LogP contribution in [0.3, 0.4) is 0 Å². The highest BCUT2D eigenvalue weighted by Crippen LogP contribution is 2.57. The number of rotatable bonds is 5. The van der Waals surface area contributed by atoms with Gasteiger partial charge in [-0.3, -0.25) is 0 Å². The molecule has 16 heavy (non-hydrogen) atoms. The van der Waals surface area contributed by atoms with Gasteiger partial charge < -0.3 is 10.3 Å². The van der Waals surface area contributed by atoms with Crippen molar-refractivity contribution in [3.63, 3.8) is 0 Å². The summed E-state index contributed by atoms with van der Waals surface area (Å²) in [5.74, 6) is 2.30. The lowest BCUT2D eigenvalue weighted by Gasteiger charge is -2.06. The van der Waals surface area contributed by atoms with Crippen LogP contribution in [-0.4, -0.2) is 16.7 Å². The molecule has 2 unspecified atom stereocenters. The summed E-state index contributed by atoms with van der Waals surface area (Å²) >= 11 is 0. The summed E-state index contributed by atoms with van der Waals surface area (Å²) < 4.78 is 5.32. The van der Waals surface area contributed by atoms with Crippen molar-refractivity contribution in [1.82, 2.24) is 10.1 Å². The van der Waals surface area contributed by atoms with Crippen molar-refractivity contribution in [3.8, 4) is 0 Å². The quantitative estimate of drug-likeness (QED) is 0.832. The molecule has 0 amide bonds. The Morgan fingerprint density at radius 1 is 1.56 bits per heavy atom. The number of nitrogens with two attached hydrogens (primary N) is 1. The summed E-state index contributed by atoms with van der Waals surface area (Å²) in [4.78, 5) is 4.50. The van der Waals surface area contributed by atoms with Crippen LogP contribution < -0.4 is 5.73 Å². The Morgan fingerprint density at radius 2 is 2.25 bits per heavy atom. The molecule has 1 fully saturated rings. The lowest BCUT2D eigenvalue weighted by Crippen LogP contribution is -2.12. The molecule has 0 radical (unpaired) electrons. The van der Waals surface area contributed by atoms with E-state index in [1.807, 2.05) is 0 Å². The van der Waals surface area contributed by atoms with Crippen LogP contribution >= 0.6 is 0 Å². The molecule has 1 aromatic heterocycles. The Bertz CT molecular complexity index is 359. The molecule has 1 aromatic rings. The predicted octanol–water partition coefficient (Wildman–Crippen LogP) is 2.43. The normalized spacial score (nSPS) is 24.4. The van der Waals surface area contributed by atoms with Gasteiger partial charge in [-0.05, 0) is 18.3 Å². The molecule has 90 valence electrons. The van der Waals surface area contributed by atoms with Crippen molar-refractivity contribution in [2.75, 3.05) is 6.54 Å². The molecule has 0 bridgehead atoms. The molecule has 2 rings (SSSR count).